The largest absolute Gasteiger partial charge is 0.354 e. The zero-order chi connectivity index (χ0) is 18.9. The maximum Gasteiger partial charge on any atom is 0.223 e. The highest BCUT2D eigenvalue weighted by Gasteiger charge is 2.27. The summed E-state index contributed by atoms with van der Waals surface area (Å²) in [7, 11) is 0. The molecule has 2 unspecified atom stereocenters. The van der Waals surface area contributed by atoms with Crippen LogP contribution in [-0.4, -0.2) is 42.4 Å². The number of hydrogen-bond donors (Lipinski definition) is 2. The van der Waals surface area contributed by atoms with Gasteiger partial charge in [-0.2, -0.15) is 0 Å². The molecule has 6 heteroatoms. The predicted octanol–water partition coefficient (Wildman–Crippen LogP) is 2.24. The minimum absolute atomic E-state index is 0.0549. The van der Waals surface area contributed by atoms with E-state index in [1.807, 2.05) is 17.9 Å². The number of carbonyl (C=O) groups excluding carboxylic acids is 2. The lowest BCUT2D eigenvalue weighted by atomic mass is 9.95. The van der Waals surface area contributed by atoms with E-state index in [0.29, 0.717) is 32.4 Å². The first-order chi connectivity index (χ1) is 12.5. The van der Waals surface area contributed by atoms with Crippen LogP contribution in [0.25, 0.3) is 0 Å². The third kappa shape index (κ3) is 6.41. The van der Waals surface area contributed by atoms with Gasteiger partial charge in [0.2, 0.25) is 11.8 Å². The SMILES string of the molecule is CC(CC(=O)N1CCCCC1CNC(=O)CCN)Cc1cccc(F)c1. The molecule has 0 bridgehead atoms. The highest BCUT2D eigenvalue weighted by atomic mass is 19.1. The Balaban J connectivity index is 1.87. The quantitative estimate of drug-likeness (QED) is 0.744. The molecule has 1 aromatic carbocycles. The molecule has 144 valence electrons. The Morgan fingerprint density at radius 1 is 1.38 bits per heavy atom. The van der Waals surface area contributed by atoms with Crippen molar-refractivity contribution in [3.8, 4) is 0 Å². The Kier molecular flexibility index (Phi) is 8.04. The molecule has 1 aromatic rings. The molecule has 2 rings (SSSR count). The molecule has 5 nitrogen and oxygen atoms in total. The van der Waals surface area contributed by atoms with Gasteiger partial charge in [-0.25, -0.2) is 4.39 Å². The molecule has 26 heavy (non-hydrogen) atoms. The van der Waals surface area contributed by atoms with Gasteiger partial charge < -0.3 is 16.0 Å². The zero-order valence-electron chi connectivity index (χ0n) is 15.5. The van der Waals surface area contributed by atoms with Crippen molar-refractivity contribution >= 4 is 11.8 Å². The molecule has 2 amide bonds. The Labute approximate surface area is 155 Å². The van der Waals surface area contributed by atoms with Gasteiger partial charge in [0.25, 0.3) is 0 Å². The molecule has 0 aromatic heterocycles. The average molecular weight is 363 g/mol. The van der Waals surface area contributed by atoms with Crippen molar-refractivity contribution in [2.75, 3.05) is 19.6 Å². The van der Waals surface area contributed by atoms with Crippen molar-refractivity contribution in [2.45, 2.75) is 51.5 Å². The van der Waals surface area contributed by atoms with Gasteiger partial charge in [-0.05, 0) is 49.3 Å². The van der Waals surface area contributed by atoms with Crippen LogP contribution in [0, 0.1) is 11.7 Å². The molecule has 0 aliphatic carbocycles. The summed E-state index contributed by atoms with van der Waals surface area (Å²) < 4.78 is 13.3. The van der Waals surface area contributed by atoms with Crippen molar-refractivity contribution in [3.63, 3.8) is 0 Å². The lowest BCUT2D eigenvalue weighted by molar-refractivity contribution is -0.136. The van der Waals surface area contributed by atoms with Crippen LogP contribution >= 0.6 is 0 Å². The van der Waals surface area contributed by atoms with Gasteiger partial charge in [0.1, 0.15) is 5.82 Å². The number of benzene rings is 1. The fourth-order valence-corrected chi connectivity index (χ4v) is 3.55. The Morgan fingerprint density at radius 2 is 2.19 bits per heavy atom. The second-order valence-electron chi connectivity index (χ2n) is 7.22. The van der Waals surface area contributed by atoms with Crippen LogP contribution in [0.3, 0.4) is 0 Å². The molecular formula is C20H30FN3O2. The van der Waals surface area contributed by atoms with Crippen molar-refractivity contribution in [1.29, 1.82) is 0 Å². The fourth-order valence-electron chi connectivity index (χ4n) is 3.55. The molecule has 0 spiro atoms. The van der Waals surface area contributed by atoms with Gasteiger partial charge in [0.05, 0.1) is 0 Å². The number of amides is 2. The molecular weight excluding hydrogens is 333 g/mol. The predicted molar refractivity (Wildman–Crippen MR) is 99.9 cm³/mol. The van der Waals surface area contributed by atoms with Crippen LogP contribution in [0.15, 0.2) is 24.3 Å². The molecule has 1 aliphatic rings. The number of halogens is 1. The number of piperidine rings is 1. The summed E-state index contributed by atoms with van der Waals surface area (Å²) in [6, 6.07) is 6.60. The molecule has 3 N–H and O–H groups in total. The van der Waals surface area contributed by atoms with Gasteiger partial charge >= 0.3 is 0 Å². The third-order valence-corrected chi connectivity index (χ3v) is 4.85. The van der Waals surface area contributed by atoms with Crippen LogP contribution in [-0.2, 0) is 16.0 Å². The summed E-state index contributed by atoms with van der Waals surface area (Å²) >= 11 is 0. The Bertz CT molecular complexity index is 608. The number of nitrogens with two attached hydrogens (primary N) is 1. The highest BCUT2D eigenvalue weighted by molar-refractivity contribution is 5.78. The number of hydrogen-bond acceptors (Lipinski definition) is 3. The van der Waals surface area contributed by atoms with E-state index in [2.05, 4.69) is 5.32 Å². The van der Waals surface area contributed by atoms with Gasteiger partial charge in [-0.15, -0.1) is 0 Å². The first-order valence-electron chi connectivity index (χ1n) is 9.50. The van der Waals surface area contributed by atoms with E-state index < -0.39 is 0 Å². The second-order valence-corrected chi connectivity index (χ2v) is 7.22. The minimum Gasteiger partial charge on any atom is -0.354 e. The van der Waals surface area contributed by atoms with Crippen LogP contribution in [0.2, 0.25) is 0 Å². The van der Waals surface area contributed by atoms with Crippen molar-refractivity contribution in [3.05, 3.63) is 35.6 Å². The summed E-state index contributed by atoms with van der Waals surface area (Å²) in [4.78, 5) is 26.3. The van der Waals surface area contributed by atoms with E-state index in [1.165, 1.54) is 12.1 Å². The van der Waals surface area contributed by atoms with Gasteiger partial charge in [0, 0.05) is 38.5 Å². The van der Waals surface area contributed by atoms with E-state index in [4.69, 9.17) is 5.73 Å². The Morgan fingerprint density at radius 3 is 2.92 bits per heavy atom. The van der Waals surface area contributed by atoms with E-state index in [0.717, 1.165) is 31.4 Å². The van der Waals surface area contributed by atoms with Crippen molar-refractivity contribution in [1.82, 2.24) is 10.2 Å². The number of likely N-dealkylation sites (tertiary alicyclic amines) is 1. The third-order valence-electron chi connectivity index (χ3n) is 4.85. The van der Waals surface area contributed by atoms with Crippen LogP contribution < -0.4 is 11.1 Å². The lowest BCUT2D eigenvalue weighted by Gasteiger charge is -2.36. The van der Waals surface area contributed by atoms with Crippen LogP contribution in [0.4, 0.5) is 4.39 Å². The lowest BCUT2D eigenvalue weighted by Crippen LogP contribution is -2.49. The second kappa shape index (κ2) is 10.3. The Hall–Kier alpha value is -1.95. The average Bonchev–Trinajstić information content (AvgIpc) is 2.60. The number of rotatable bonds is 8. The highest BCUT2D eigenvalue weighted by Crippen LogP contribution is 2.20. The summed E-state index contributed by atoms with van der Waals surface area (Å²) in [5.74, 6) is -0.0549. The summed E-state index contributed by atoms with van der Waals surface area (Å²) in [5.41, 5.74) is 6.30. The van der Waals surface area contributed by atoms with Crippen molar-refractivity contribution in [2.24, 2.45) is 11.7 Å². The standard InChI is InChI=1S/C20H30FN3O2/c1-15(11-16-5-4-6-17(21)13-16)12-20(26)24-10-3-2-7-18(24)14-23-19(25)8-9-22/h4-6,13,15,18H,2-3,7-12,14,22H2,1H3,(H,23,25). The van der Waals surface area contributed by atoms with Crippen molar-refractivity contribution < 1.29 is 14.0 Å². The minimum atomic E-state index is -0.245. The summed E-state index contributed by atoms with van der Waals surface area (Å²) in [5, 5.41) is 2.88. The van der Waals surface area contributed by atoms with E-state index >= 15 is 0 Å². The summed E-state index contributed by atoms with van der Waals surface area (Å²) in [6.07, 6.45) is 4.40. The van der Waals surface area contributed by atoms with E-state index in [1.54, 1.807) is 6.07 Å². The van der Waals surface area contributed by atoms with Crippen LogP contribution in [0.5, 0.6) is 0 Å². The molecule has 1 saturated heterocycles. The fraction of sp³-hybridized carbons (Fsp3) is 0.600. The molecule has 2 atom stereocenters. The monoisotopic (exact) mass is 363 g/mol. The topological polar surface area (TPSA) is 75.4 Å². The van der Waals surface area contributed by atoms with Gasteiger partial charge in [-0.3, -0.25) is 9.59 Å². The summed E-state index contributed by atoms with van der Waals surface area (Å²) in [6.45, 7) is 3.58. The molecule has 1 heterocycles. The first kappa shape index (κ1) is 20.4. The molecule has 1 fully saturated rings. The smallest absolute Gasteiger partial charge is 0.223 e. The van der Waals surface area contributed by atoms with E-state index in [9.17, 15) is 14.0 Å². The normalized spacial score (nSPS) is 18.4. The number of nitrogens with zero attached hydrogens (tertiary/aromatic N) is 1. The van der Waals surface area contributed by atoms with Crippen LogP contribution in [0.1, 0.15) is 44.6 Å². The van der Waals surface area contributed by atoms with Gasteiger partial charge in [-0.1, -0.05) is 19.1 Å². The maximum atomic E-state index is 13.3. The molecule has 0 radical (unpaired) electrons. The molecule has 0 saturated carbocycles. The van der Waals surface area contributed by atoms with Gasteiger partial charge in [0.15, 0.2) is 0 Å². The van der Waals surface area contributed by atoms with E-state index in [-0.39, 0.29) is 29.6 Å². The number of carbonyl (C=O) groups is 2. The maximum absolute atomic E-state index is 13.3. The zero-order valence-corrected chi connectivity index (χ0v) is 15.5. The first-order valence-corrected chi connectivity index (χ1v) is 9.50. The number of nitrogens with one attached hydrogen (secondary N) is 1. The molecule has 1 aliphatic heterocycles.